The third-order valence-electron chi connectivity index (χ3n) is 3.62. The summed E-state index contributed by atoms with van der Waals surface area (Å²) in [7, 11) is 0. The van der Waals surface area contributed by atoms with E-state index >= 15 is 0 Å². The maximum atomic E-state index is 4.52. The van der Waals surface area contributed by atoms with Crippen molar-refractivity contribution in [2.24, 2.45) is 9.98 Å². The van der Waals surface area contributed by atoms with Crippen LogP contribution in [-0.4, -0.2) is 12.4 Å². The molecule has 0 saturated heterocycles. The molecule has 0 aromatic heterocycles. The molecule has 0 N–H and O–H groups in total. The van der Waals surface area contributed by atoms with Crippen molar-refractivity contribution in [3.8, 4) is 0 Å². The van der Waals surface area contributed by atoms with Crippen LogP contribution in [0.4, 0.5) is 0 Å². The molecular formula is C22H20N2. The van der Waals surface area contributed by atoms with Crippen LogP contribution < -0.4 is 0 Å². The Bertz CT molecular complexity index is 739. The van der Waals surface area contributed by atoms with Gasteiger partial charge in [0.1, 0.15) is 0 Å². The van der Waals surface area contributed by atoms with Crippen molar-refractivity contribution in [3.05, 3.63) is 107 Å². The van der Waals surface area contributed by atoms with Crippen LogP contribution in [-0.2, 0) is 13.1 Å². The fourth-order valence-electron chi connectivity index (χ4n) is 2.42. The van der Waals surface area contributed by atoms with E-state index in [1.165, 1.54) is 11.1 Å². The number of hydrogen-bond acceptors (Lipinski definition) is 2. The summed E-state index contributed by atoms with van der Waals surface area (Å²) in [6.07, 6.45) is 3.83. The second-order valence-corrected chi connectivity index (χ2v) is 5.58. The molecule has 0 fully saturated rings. The summed E-state index contributed by atoms with van der Waals surface area (Å²) >= 11 is 0. The van der Waals surface area contributed by atoms with Gasteiger partial charge in [-0.1, -0.05) is 84.9 Å². The normalized spacial score (nSPS) is 11.3. The Morgan fingerprint density at radius 2 is 1.00 bits per heavy atom. The summed E-state index contributed by atoms with van der Waals surface area (Å²) in [5.41, 5.74) is 4.66. The molecule has 0 heterocycles. The first-order valence-corrected chi connectivity index (χ1v) is 8.08. The average Bonchev–Trinajstić information content (AvgIpc) is 2.64. The Kier molecular flexibility index (Phi) is 5.68. The first-order chi connectivity index (χ1) is 11.9. The lowest BCUT2D eigenvalue weighted by Crippen LogP contribution is -1.88. The quantitative estimate of drug-likeness (QED) is 0.577. The van der Waals surface area contributed by atoms with Gasteiger partial charge in [-0.25, -0.2) is 0 Å². The molecule has 3 aromatic rings. The summed E-state index contributed by atoms with van der Waals surface area (Å²) in [6, 6.07) is 28.8. The van der Waals surface area contributed by atoms with Gasteiger partial charge in [-0.2, -0.15) is 0 Å². The van der Waals surface area contributed by atoms with E-state index in [0.717, 1.165) is 11.1 Å². The molecule has 3 rings (SSSR count). The number of nitrogens with zero attached hydrogens (tertiary/aromatic N) is 2. The molecule has 0 atom stereocenters. The largest absolute Gasteiger partial charge is 0.288 e. The predicted octanol–water partition coefficient (Wildman–Crippen LogP) is 4.92. The maximum absolute atomic E-state index is 4.52. The van der Waals surface area contributed by atoms with E-state index in [1.54, 1.807) is 0 Å². The van der Waals surface area contributed by atoms with Crippen LogP contribution >= 0.6 is 0 Å². The highest BCUT2D eigenvalue weighted by atomic mass is 14.7. The summed E-state index contributed by atoms with van der Waals surface area (Å²) in [5, 5.41) is 0. The molecule has 0 saturated carbocycles. The van der Waals surface area contributed by atoms with Gasteiger partial charge in [0.15, 0.2) is 0 Å². The molecule has 0 aliphatic rings. The summed E-state index contributed by atoms with van der Waals surface area (Å²) in [5.74, 6) is 0. The second-order valence-electron chi connectivity index (χ2n) is 5.58. The number of benzene rings is 3. The van der Waals surface area contributed by atoms with Gasteiger partial charge in [0.2, 0.25) is 0 Å². The lowest BCUT2D eigenvalue weighted by atomic mass is 10.1. The van der Waals surface area contributed by atoms with Gasteiger partial charge < -0.3 is 0 Å². The SMILES string of the molecule is C(=NCc1cccc(CN=Cc2ccccc2)c1)c1ccccc1. The number of rotatable bonds is 6. The van der Waals surface area contributed by atoms with Gasteiger partial charge in [-0.05, 0) is 22.3 Å². The molecule has 0 aliphatic carbocycles. The Morgan fingerprint density at radius 1 is 0.542 bits per heavy atom. The fourth-order valence-corrected chi connectivity index (χ4v) is 2.42. The molecule has 0 bridgehead atoms. The van der Waals surface area contributed by atoms with Crippen LogP contribution in [0.15, 0.2) is 94.9 Å². The van der Waals surface area contributed by atoms with E-state index in [2.05, 4.69) is 58.5 Å². The van der Waals surface area contributed by atoms with Crippen LogP contribution in [0.2, 0.25) is 0 Å². The molecule has 2 heteroatoms. The standard InChI is InChI=1S/C22H20N2/c1-3-8-19(9-4-1)15-23-17-21-12-7-13-22(14-21)18-24-16-20-10-5-2-6-11-20/h1-16H,17-18H2. The third-order valence-corrected chi connectivity index (χ3v) is 3.62. The van der Waals surface area contributed by atoms with Crippen molar-refractivity contribution in [2.45, 2.75) is 13.1 Å². The topological polar surface area (TPSA) is 24.7 Å². The molecule has 118 valence electrons. The molecule has 3 aromatic carbocycles. The van der Waals surface area contributed by atoms with Gasteiger partial charge in [0, 0.05) is 12.4 Å². The first kappa shape index (κ1) is 15.9. The van der Waals surface area contributed by atoms with E-state index in [4.69, 9.17) is 0 Å². The first-order valence-electron chi connectivity index (χ1n) is 8.08. The summed E-state index contributed by atoms with van der Waals surface area (Å²) < 4.78 is 0. The highest BCUT2D eigenvalue weighted by Crippen LogP contribution is 2.08. The molecule has 24 heavy (non-hydrogen) atoms. The van der Waals surface area contributed by atoms with E-state index in [-0.39, 0.29) is 0 Å². The van der Waals surface area contributed by atoms with Crippen molar-refractivity contribution >= 4 is 12.4 Å². The average molecular weight is 312 g/mol. The van der Waals surface area contributed by atoms with E-state index in [1.807, 2.05) is 48.8 Å². The summed E-state index contributed by atoms with van der Waals surface area (Å²) in [4.78, 5) is 9.03. The van der Waals surface area contributed by atoms with Crippen molar-refractivity contribution in [3.63, 3.8) is 0 Å². The minimum absolute atomic E-state index is 0.686. The van der Waals surface area contributed by atoms with Crippen LogP contribution in [0.25, 0.3) is 0 Å². The molecule has 0 spiro atoms. The molecule has 0 aliphatic heterocycles. The van der Waals surface area contributed by atoms with Gasteiger partial charge in [0.25, 0.3) is 0 Å². The van der Waals surface area contributed by atoms with E-state index < -0.39 is 0 Å². The predicted molar refractivity (Wildman–Crippen MR) is 102 cm³/mol. The highest BCUT2D eigenvalue weighted by Gasteiger charge is 1.95. The van der Waals surface area contributed by atoms with Gasteiger partial charge >= 0.3 is 0 Å². The summed E-state index contributed by atoms with van der Waals surface area (Å²) in [6.45, 7) is 1.37. The number of hydrogen-bond donors (Lipinski definition) is 0. The Hall–Kier alpha value is -3.00. The minimum atomic E-state index is 0.686. The molecular weight excluding hydrogens is 292 g/mol. The van der Waals surface area contributed by atoms with E-state index in [9.17, 15) is 0 Å². The Labute approximate surface area is 143 Å². The van der Waals surface area contributed by atoms with Crippen LogP contribution in [0.5, 0.6) is 0 Å². The molecule has 0 unspecified atom stereocenters. The van der Waals surface area contributed by atoms with Gasteiger partial charge in [0.05, 0.1) is 13.1 Å². The minimum Gasteiger partial charge on any atom is -0.288 e. The van der Waals surface area contributed by atoms with E-state index in [0.29, 0.717) is 13.1 Å². The van der Waals surface area contributed by atoms with Crippen molar-refractivity contribution in [2.75, 3.05) is 0 Å². The zero-order chi connectivity index (χ0) is 16.5. The fraction of sp³-hybridized carbons (Fsp3) is 0.0909. The zero-order valence-electron chi connectivity index (χ0n) is 13.5. The maximum Gasteiger partial charge on any atom is 0.0640 e. The van der Waals surface area contributed by atoms with Crippen LogP contribution in [0.3, 0.4) is 0 Å². The Balaban J connectivity index is 1.58. The van der Waals surface area contributed by atoms with Crippen molar-refractivity contribution in [1.82, 2.24) is 0 Å². The zero-order valence-corrected chi connectivity index (χ0v) is 13.5. The monoisotopic (exact) mass is 312 g/mol. The molecule has 0 radical (unpaired) electrons. The smallest absolute Gasteiger partial charge is 0.0640 e. The van der Waals surface area contributed by atoms with Crippen molar-refractivity contribution in [1.29, 1.82) is 0 Å². The van der Waals surface area contributed by atoms with Crippen molar-refractivity contribution < 1.29 is 0 Å². The highest BCUT2D eigenvalue weighted by molar-refractivity contribution is 5.79. The third kappa shape index (κ3) is 5.03. The van der Waals surface area contributed by atoms with Gasteiger partial charge in [-0.15, -0.1) is 0 Å². The van der Waals surface area contributed by atoms with Crippen LogP contribution in [0.1, 0.15) is 22.3 Å². The van der Waals surface area contributed by atoms with Gasteiger partial charge in [-0.3, -0.25) is 9.98 Å². The molecule has 2 nitrogen and oxygen atoms in total. The molecule has 0 amide bonds. The van der Waals surface area contributed by atoms with Crippen LogP contribution in [0, 0.1) is 0 Å². The Morgan fingerprint density at radius 3 is 1.46 bits per heavy atom. The lowest BCUT2D eigenvalue weighted by molar-refractivity contribution is 1.03. The lowest BCUT2D eigenvalue weighted by Gasteiger charge is -2.01. The second kappa shape index (κ2) is 8.59. The number of aliphatic imine (C=N–C) groups is 2.